The maximum Gasteiger partial charge on any atom is 0.305 e. The Kier molecular flexibility index (Phi) is 19.0. The van der Waals surface area contributed by atoms with Crippen molar-refractivity contribution in [1.82, 2.24) is 0 Å². The van der Waals surface area contributed by atoms with Crippen LogP contribution >= 0.6 is 0 Å². The molecular formula is C26H48O4. The molecule has 0 bridgehead atoms. The summed E-state index contributed by atoms with van der Waals surface area (Å²) in [4.78, 5) is 23.5. The summed E-state index contributed by atoms with van der Waals surface area (Å²) in [5.74, 6) is -0.256. The Bertz CT molecular complexity index is 370. The summed E-state index contributed by atoms with van der Waals surface area (Å²) in [6.07, 6.45) is 25.5. The van der Waals surface area contributed by atoms with Crippen LogP contribution in [0, 0.1) is 0 Å². The van der Waals surface area contributed by atoms with Gasteiger partial charge < -0.3 is 9.47 Å². The number of hydrogen-bond donors (Lipinski definition) is 0. The summed E-state index contributed by atoms with van der Waals surface area (Å²) in [5.41, 5.74) is 0. The molecule has 0 saturated carbocycles. The Morgan fingerprint density at radius 3 is 0.833 bits per heavy atom. The van der Waals surface area contributed by atoms with E-state index >= 15 is 0 Å². The van der Waals surface area contributed by atoms with Crippen LogP contribution in [0.5, 0.6) is 0 Å². The van der Waals surface area contributed by atoms with Crippen LogP contribution in [0.3, 0.4) is 0 Å². The van der Waals surface area contributed by atoms with Crippen molar-refractivity contribution in [2.45, 2.75) is 141 Å². The smallest absolute Gasteiger partial charge is 0.305 e. The highest BCUT2D eigenvalue weighted by molar-refractivity contribution is 5.70. The molecule has 1 aliphatic rings. The summed E-state index contributed by atoms with van der Waals surface area (Å²) in [5, 5.41) is 0. The Morgan fingerprint density at radius 2 is 0.567 bits per heavy atom. The lowest BCUT2D eigenvalue weighted by Gasteiger charge is -2.07. The minimum absolute atomic E-state index is 0.128. The van der Waals surface area contributed by atoms with E-state index in [-0.39, 0.29) is 11.9 Å². The molecule has 0 aliphatic carbocycles. The molecule has 0 radical (unpaired) electrons. The lowest BCUT2D eigenvalue weighted by Crippen LogP contribution is -2.08. The second-order valence-corrected chi connectivity index (χ2v) is 9.01. The largest absolute Gasteiger partial charge is 0.466 e. The van der Waals surface area contributed by atoms with Crippen LogP contribution in [0.15, 0.2) is 0 Å². The van der Waals surface area contributed by atoms with Crippen LogP contribution in [0.1, 0.15) is 141 Å². The van der Waals surface area contributed by atoms with E-state index in [1.165, 1.54) is 89.9 Å². The second kappa shape index (κ2) is 21.2. The van der Waals surface area contributed by atoms with Crippen LogP contribution in [0.4, 0.5) is 0 Å². The van der Waals surface area contributed by atoms with Gasteiger partial charge in [0.05, 0.1) is 13.2 Å². The van der Waals surface area contributed by atoms with Crippen LogP contribution < -0.4 is 0 Å². The topological polar surface area (TPSA) is 52.6 Å². The van der Waals surface area contributed by atoms with Crippen molar-refractivity contribution >= 4 is 11.9 Å². The van der Waals surface area contributed by atoms with Gasteiger partial charge >= 0.3 is 11.9 Å². The monoisotopic (exact) mass is 424 g/mol. The molecule has 4 nitrogen and oxygen atoms in total. The molecule has 1 heterocycles. The van der Waals surface area contributed by atoms with Crippen molar-refractivity contribution in [3.05, 3.63) is 0 Å². The Morgan fingerprint density at radius 1 is 0.333 bits per heavy atom. The quantitative estimate of drug-likeness (QED) is 0.374. The molecule has 30 heavy (non-hydrogen) atoms. The zero-order valence-electron chi connectivity index (χ0n) is 19.6. The molecule has 0 spiro atoms. The fourth-order valence-corrected chi connectivity index (χ4v) is 4.09. The molecule has 0 aromatic rings. The third-order valence-corrected chi connectivity index (χ3v) is 6.08. The average Bonchev–Trinajstić information content (AvgIpc) is 2.74. The first-order valence-corrected chi connectivity index (χ1v) is 13.1. The number of esters is 2. The van der Waals surface area contributed by atoms with E-state index in [2.05, 4.69) is 0 Å². The summed E-state index contributed by atoms with van der Waals surface area (Å²) in [6.45, 7) is 1.09. The average molecular weight is 425 g/mol. The summed E-state index contributed by atoms with van der Waals surface area (Å²) >= 11 is 0. The van der Waals surface area contributed by atoms with Gasteiger partial charge in [-0.05, 0) is 25.7 Å². The predicted octanol–water partition coefficient (Wildman–Crippen LogP) is 7.67. The minimum Gasteiger partial charge on any atom is -0.466 e. The fraction of sp³-hybridized carbons (Fsp3) is 0.923. The van der Waals surface area contributed by atoms with Crippen molar-refractivity contribution in [3.8, 4) is 0 Å². The highest BCUT2D eigenvalue weighted by Gasteiger charge is 2.06. The molecule has 0 N–H and O–H groups in total. The molecule has 1 fully saturated rings. The number of cyclic esters (lactones) is 2. The van der Waals surface area contributed by atoms with Gasteiger partial charge in [-0.2, -0.15) is 0 Å². The van der Waals surface area contributed by atoms with Crippen molar-refractivity contribution in [2.24, 2.45) is 0 Å². The molecule has 1 aliphatic heterocycles. The van der Waals surface area contributed by atoms with Crippen LogP contribution in [-0.4, -0.2) is 25.2 Å². The zero-order valence-corrected chi connectivity index (χ0v) is 19.6. The molecule has 0 unspecified atom stereocenters. The number of carbonyl (C=O) groups is 2. The first kappa shape index (κ1) is 27.0. The van der Waals surface area contributed by atoms with E-state index in [4.69, 9.17) is 9.47 Å². The molecule has 4 heteroatoms. The fourth-order valence-electron chi connectivity index (χ4n) is 4.09. The maximum absolute atomic E-state index is 11.7. The van der Waals surface area contributed by atoms with Gasteiger partial charge in [0.25, 0.3) is 0 Å². The maximum atomic E-state index is 11.7. The molecular weight excluding hydrogens is 376 g/mol. The van der Waals surface area contributed by atoms with Gasteiger partial charge in [-0.25, -0.2) is 0 Å². The van der Waals surface area contributed by atoms with Gasteiger partial charge in [-0.3, -0.25) is 9.59 Å². The Labute approximate surface area is 185 Å². The van der Waals surface area contributed by atoms with E-state index in [1.807, 2.05) is 0 Å². The van der Waals surface area contributed by atoms with Gasteiger partial charge in [0, 0.05) is 12.8 Å². The molecule has 1 rings (SSSR count). The highest BCUT2D eigenvalue weighted by Crippen LogP contribution is 2.14. The van der Waals surface area contributed by atoms with Gasteiger partial charge in [0.2, 0.25) is 0 Å². The zero-order chi connectivity index (χ0) is 21.5. The normalized spacial score (nSPS) is 22.8. The predicted molar refractivity (Wildman–Crippen MR) is 123 cm³/mol. The summed E-state index contributed by atoms with van der Waals surface area (Å²) < 4.78 is 10.6. The van der Waals surface area contributed by atoms with Crippen LogP contribution in [0.25, 0.3) is 0 Å². The second-order valence-electron chi connectivity index (χ2n) is 9.01. The van der Waals surface area contributed by atoms with Gasteiger partial charge in [-0.15, -0.1) is 0 Å². The van der Waals surface area contributed by atoms with Crippen molar-refractivity contribution in [1.29, 1.82) is 0 Å². The van der Waals surface area contributed by atoms with E-state index in [9.17, 15) is 9.59 Å². The van der Waals surface area contributed by atoms with E-state index in [0.29, 0.717) is 38.9 Å². The first-order chi connectivity index (χ1) is 14.8. The molecule has 176 valence electrons. The standard InChI is InChI=1S/C26H48O4/c27-25-21-17-18-22-26(28)30-24-20-16-14-12-10-8-6-4-2-1-3-5-7-9-11-13-15-19-23-29-25/h1-24H2. The van der Waals surface area contributed by atoms with Crippen molar-refractivity contribution in [2.75, 3.05) is 13.2 Å². The molecule has 0 atom stereocenters. The highest BCUT2D eigenvalue weighted by atomic mass is 16.5. The number of hydrogen-bond acceptors (Lipinski definition) is 4. The number of rotatable bonds is 0. The van der Waals surface area contributed by atoms with Gasteiger partial charge in [-0.1, -0.05) is 103 Å². The van der Waals surface area contributed by atoms with Gasteiger partial charge in [0.1, 0.15) is 0 Å². The third-order valence-electron chi connectivity index (χ3n) is 6.08. The molecule has 1 saturated heterocycles. The van der Waals surface area contributed by atoms with E-state index < -0.39 is 0 Å². The Balaban J connectivity index is 2.14. The summed E-state index contributed by atoms with van der Waals surface area (Å²) in [7, 11) is 0. The lowest BCUT2D eigenvalue weighted by molar-refractivity contribution is -0.146. The van der Waals surface area contributed by atoms with Crippen molar-refractivity contribution in [3.63, 3.8) is 0 Å². The molecule has 0 aromatic heterocycles. The lowest BCUT2D eigenvalue weighted by atomic mass is 10.0. The third kappa shape index (κ3) is 18.9. The SMILES string of the molecule is O=C1CCCCC(=O)OCCCCCCCCCCCCCCCCCCCCO1. The minimum atomic E-state index is -0.128. The number of ether oxygens (including phenoxy) is 2. The summed E-state index contributed by atoms with van der Waals surface area (Å²) in [6, 6.07) is 0. The van der Waals surface area contributed by atoms with Crippen LogP contribution in [0.2, 0.25) is 0 Å². The van der Waals surface area contributed by atoms with E-state index in [1.54, 1.807) is 0 Å². The van der Waals surface area contributed by atoms with Gasteiger partial charge in [0.15, 0.2) is 0 Å². The number of carbonyl (C=O) groups excluding carboxylic acids is 2. The Hall–Kier alpha value is -1.06. The van der Waals surface area contributed by atoms with Crippen LogP contribution in [-0.2, 0) is 19.1 Å². The first-order valence-electron chi connectivity index (χ1n) is 13.1. The van der Waals surface area contributed by atoms with Crippen molar-refractivity contribution < 1.29 is 19.1 Å². The van der Waals surface area contributed by atoms with E-state index in [0.717, 1.165) is 25.7 Å². The molecule has 0 aromatic carbocycles. The molecule has 0 amide bonds.